The highest BCUT2D eigenvalue weighted by molar-refractivity contribution is 5.90. The molecule has 1 aromatic carbocycles. The number of halogens is 3. The van der Waals surface area contributed by atoms with Crippen LogP contribution in [-0.4, -0.2) is 78.0 Å². The number of likely N-dealkylation sites (N-methyl/N-ethyl adjacent to an activating group) is 1. The van der Waals surface area contributed by atoms with Crippen LogP contribution in [0, 0.1) is 6.92 Å². The van der Waals surface area contributed by atoms with Gasteiger partial charge >= 0.3 is 18.2 Å². The highest BCUT2D eigenvalue weighted by atomic mass is 19.4. The Hall–Kier alpha value is -2.33. The zero-order valence-corrected chi connectivity index (χ0v) is 15.7. The van der Waals surface area contributed by atoms with Gasteiger partial charge in [-0.1, -0.05) is 25.1 Å². The minimum absolute atomic E-state index is 0.0208. The fraction of sp³-hybridized carbons (Fsp3) is 0.556. The van der Waals surface area contributed by atoms with E-state index in [4.69, 9.17) is 14.6 Å². The molecule has 2 N–H and O–H groups in total. The SMILES string of the molecule is CCN1CC2CN(C(=O)Nc3ccccc3C)CC(C1)O2.O=C(O)C(F)(F)F. The number of para-hydroxylation sites is 1. The van der Waals surface area contributed by atoms with Crippen LogP contribution in [0.3, 0.4) is 0 Å². The summed E-state index contributed by atoms with van der Waals surface area (Å²) in [5.74, 6) is -2.76. The molecule has 2 heterocycles. The first-order valence-corrected chi connectivity index (χ1v) is 8.89. The highest BCUT2D eigenvalue weighted by Crippen LogP contribution is 2.20. The maximum absolute atomic E-state index is 12.4. The topological polar surface area (TPSA) is 82.1 Å². The van der Waals surface area contributed by atoms with Crippen LogP contribution in [0.5, 0.6) is 0 Å². The molecule has 0 aliphatic carbocycles. The molecule has 7 nitrogen and oxygen atoms in total. The smallest absolute Gasteiger partial charge is 0.475 e. The number of aryl methyl sites for hydroxylation is 1. The number of carbonyl (C=O) groups excluding carboxylic acids is 1. The molecule has 0 saturated carbocycles. The number of alkyl halides is 3. The van der Waals surface area contributed by atoms with Crippen molar-refractivity contribution in [3.8, 4) is 0 Å². The van der Waals surface area contributed by atoms with Gasteiger partial charge in [0.2, 0.25) is 0 Å². The maximum Gasteiger partial charge on any atom is 0.490 e. The lowest BCUT2D eigenvalue weighted by Crippen LogP contribution is -2.61. The van der Waals surface area contributed by atoms with Crippen molar-refractivity contribution in [1.29, 1.82) is 0 Å². The molecule has 2 saturated heterocycles. The summed E-state index contributed by atoms with van der Waals surface area (Å²) in [6, 6.07) is 7.84. The molecule has 0 spiro atoms. The van der Waals surface area contributed by atoms with Crippen molar-refractivity contribution in [2.75, 3.05) is 38.0 Å². The molecular formula is C18H24F3N3O4. The van der Waals surface area contributed by atoms with Gasteiger partial charge in [0.15, 0.2) is 0 Å². The van der Waals surface area contributed by atoms with Gasteiger partial charge in [0.25, 0.3) is 0 Å². The Morgan fingerprint density at radius 2 is 1.71 bits per heavy atom. The summed E-state index contributed by atoms with van der Waals surface area (Å²) in [7, 11) is 0. The molecule has 0 aromatic heterocycles. The number of hydrogen-bond donors (Lipinski definition) is 2. The molecule has 2 aliphatic rings. The number of nitrogens with zero attached hydrogens (tertiary/aromatic N) is 2. The molecule has 2 atom stereocenters. The average molecular weight is 403 g/mol. The standard InChI is InChI=1S/C16H23N3O2.C2HF3O2/c1-3-18-8-13-10-19(11-14(9-18)21-13)16(20)17-15-7-5-4-6-12(15)2;3-2(4,5)1(6)7/h4-7,13-14H,3,8-11H2,1-2H3,(H,17,20);(H,6,7). The van der Waals surface area contributed by atoms with E-state index in [9.17, 15) is 18.0 Å². The van der Waals surface area contributed by atoms with E-state index in [0.29, 0.717) is 13.1 Å². The minimum Gasteiger partial charge on any atom is -0.475 e. The number of aliphatic carboxylic acids is 1. The van der Waals surface area contributed by atoms with Crippen LogP contribution in [0.15, 0.2) is 24.3 Å². The number of carbonyl (C=O) groups is 2. The molecule has 10 heteroatoms. The van der Waals surface area contributed by atoms with E-state index in [1.807, 2.05) is 36.1 Å². The summed E-state index contributed by atoms with van der Waals surface area (Å²) in [6.07, 6.45) is -4.81. The molecule has 2 unspecified atom stereocenters. The number of morpholine rings is 2. The number of benzene rings is 1. The third-order valence-electron chi connectivity index (χ3n) is 4.52. The minimum atomic E-state index is -5.08. The summed E-state index contributed by atoms with van der Waals surface area (Å²) >= 11 is 0. The fourth-order valence-electron chi connectivity index (χ4n) is 3.11. The first-order valence-electron chi connectivity index (χ1n) is 8.89. The molecular weight excluding hydrogens is 379 g/mol. The van der Waals surface area contributed by atoms with E-state index in [2.05, 4.69) is 17.1 Å². The second kappa shape index (κ2) is 9.24. The summed E-state index contributed by atoms with van der Waals surface area (Å²) in [5.41, 5.74) is 1.96. The second-order valence-corrected chi connectivity index (χ2v) is 6.69. The Labute approximate surface area is 161 Å². The van der Waals surface area contributed by atoms with Gasteiger partial charge in [-0.15, -0.1) is 0 Å². The molecule has 1 aromatic rings. The largest absolute Gasteiger partial charge is 0.490 e. The van der Waals surface area contributed by atoms with Gasteiger partial charge in [0.05, 0.1) is 12.2 Å². The van der Waals surface area contributed by atoms with Crippen molar-refractivity contribution in [2.24, 2.45) is 0 Å². The van der Waals surface area contributed by atoms with Crippen LogP contribution in [-0.2, 0) is 9.53 Å². The Bertz CT molecular complexity index is 685. The van der Waals surface area contributed by atoms with Gasteiger partial charge in [-0.3, -0.25) is 4.90 Å². The molecule has 2 amide bonds. The van der Waals surface area contributed by atoms with E-state index in [1.54, 1.807) is 0 Å². The van der Waals surface area contributed by atoms with E-state index in [1.165, 1.54) is 0 Å². The van der Waals surface area contributed by atoms with Gasteiger partial charge in [0.1, 0.15) is 0 Å². The van der Waals surface area contributed by atoms with Crippen molar-refractivity contribution >= 4 is 17.7 Å². The van der Waals surface area contributed by atoms with Crippen LogP contribution in [0.25, 0.3) is 0 Å². The molecule has 0 radical (unpaired) electrons. The lowest BCUT2D eigenvalue weighted by Gasteiger charge is -2.45. The van der Waals surface area contributed by atoms with E-state index >= 15 is 0 Å². The number of nitrogens with one attached hydrogen (secondary N) is 1. The van der Waals surface area contributed by atoms with Crippen LogP contribution in [0.2, 0.25) is 0 Å². The van der Waals surface area contributed by atoms with Crippen molar-refractivity contribution in [3.05, 3.63) is 29.8 Å². The van der Waals surface area contributed by atoms with Crippen LogP contribution in [0.4, 0.5) is 23.7 Å². The van der Waals surface area contributed by atoms with Crippen molar-refractivity contribution in [1.82, 2.24) is 9.80 Å². The predicted molar refractivity (Wildman–Crippen MR) is 96.2 cm³/mol. The monoisotopic (exact) mass is 403 g/mol. The number of anilines is 1. The van der Waals surface area contributed by atoms with Crippen molar-refractivity contribution in [2.45, 2.75) is 32.2 Å². The Morgan fingerprint density at radius 1 is 1.18 bits per heavy atom. The first-order chi connectivity index (χ1) is 13.1. The quantitative estimate of drug-likeness (QED) is 0.793. The van der Waals surface area contributed by atoms with Crippen LogP contribution < -0.4 is 5.32 Å². The van der Waals surface area contributed by atoms with Crippen molar-refractivity contribution in [3.63, 3.8) is 0 Å². The van der Waals surface area contributed by atoms with E-state index < -0.39 is 12.1 Å². The van der Waals surface area contributed by atoms with Gasteiger partial charge in [0, 0.05) is 31.9 Å². The maximum atomic E-state index is 12.4. The number of fused-ring (bicyclic) bond motifs is 2. The Morgan fingerprint density at radius 3 is 2.18 bits per heavy atom. The number of ether oxygens (including phenoxy) is 1. The summed E-state index contributed by atoms with van der Waals surface area (Å²) in [4.78, 5) is 25.6. The Balaban J connectivity index is 0.000000345. The Kier molecular flexibility index (Phi) is 7.25. The number of carboxylic acids is 1. The summed E-state index contributed by atoms with van der Waals surface area (Å²) in [6.45, 7) is 8.40. The number of hydrogen-bond acceptors (Lipinski definition) is 4. The fourth-order valence-corrected chi connectivity index (χ4v) is 3.11. The lowest BCUT2D eigenvalue weighted by atomic mass is 10.1. The number of amides is 2. The normalized spacial score (nSPS) is 22.1. The molecule has 2 aliphatic heterocycles. The van der Waals surface area contributed by atoms with E-state index in [0.717, 1.165) is 30.9 Å². The van der Waals surface area contributed by atoms with E-state index in [-0.39, 0.29) is 18.2 Å². The number of carboxylic acid groups (broad SMARTS) is 1. The van der Waals surface area contributed by atoms with Gasteiger partial charge in [-0.2, -0.15) is 13.2 Å². The van der Waals surface area contributed by atoms with Crippen molar-refractivity contribution < 1.29 is 32.6 Å². The number of urea groups is 1. The van der Waals surface area contributed by atoms with Crippen LogP contribution >= 0.6 is 0 Å². The molecule has 28 heavy (non-hydrogen) atoms. The highest BCUT2D eigenvalue weighted by Gasteiger charge is 2.38. The lowest BCUT2D eigenvalue weighted by molar-refractivity contribution is -0.192. The molecule has 2 bridgehead atoms. The number of rotatable bonds is 2. The van der Waals surface area contributed by atoms with Gasteiger partial charge in [-0.25, -0.2) is 9.59 Å². The summed E-state index contributed by atoms with van der Waals surface area (Å²) < 4.78 is 37.7. The van der Waals surface area contributed by atoms with Gasteiger partial charge < -0.3 is 20.1 Å². The molecule has 2 fully saturated rings. The summed E-state index contributed by atoms with van der Waals surface area (Å²) in [5, 5.41) is 10.1. The predicted octanol–water partition coefficient (Wildman–Crippen LogP) is 2.57. The zero-order valence-electron chi connectivity index (χ0n) is 15.7. The molecule has 3 rings (SSSR count). The third kappa shape index (κ3) is 6.10. The van der Waals surface area contributed by atoms with Crippen LogP contribution in [0.1, 0.15) is 12.5 Å². The van der Waals surface area contributed by atoms with Gasteiger partial charge in [-0.05, 0) is 25.1 Å². The average Bonchev–Trinajstić information content (AvgIpc) is 2.62. The third-order valence-corrected chi connectivity index (χ3v) is 4.52. The molecule has 156 valence electrons. The first kappa shape index (κ1) is 22.0. The second-order valence-electron chi connectivity index (χ2n) is 6.69. The zero-order chi connectivity index (χ0) is 20.9.